The van der Waals surface area contributed by atoms with Gasteiger partial charge in [0.05, 0.1) is 16.9 Å². The SMILES string of the molecule is CC(=O)c1ccc(S(=O)(=O)NCc2ccc(C(=O)Nc3ccc(-n4ccnc4)c(F)c3)cc2)cc1. The van der Waals surface area contributed by atoms with Gasteiger partial charge < -0.3 is 9.88 Å². The van der Waals surface area contributed by atoms with Gasteiger partial charge in [-0.2, -0.15) is 0 Å². The van der Waals surface area contributed by atoms with Crippen LogP contribution in [0.2, 0.25) is 0 Å². The van der Waals surface area contributed by atoms with Gasteiger partial charge >= 0.3 is 0 Å². The minimum Gasteiger partial charge on any atom is -0.322 e. The molecule has 1 heterocycles. The summed E-state index contributed by atoms with van der Waals surface area (Å²) in [4.78, 5) is 27.8. The number of rotatable bonds is 8. The zero-order valence-corrected chi connectivity index (χ0v) is 19.4. The van der Waals surface area contributed by atoms with Gasteiger partial charge in [0, 0.05) is 35.8 Å². The van der Waals surface area contributed by atoms with Crippen molar-refractivity contribution in [3.05, 3.63) is 108 Å². The minimum absolute atomic E-state index is 0.0135. The third-order valence-corrected chi connectivity index (χ3v) is 6.66. The fourth-order valence-electron chi connectivity index (χ4n) is 3.30. The molecule has 0 fully saturated rings. The van der Waals surface area contributed by atoms with E-state index in [9.17, 15) is 22.4 Å². The molecule has 0 radical (unpaired) electrons. The Kier molecular flexibility index (Phi) is 6.85. The average Bonchev–Trinajstić information content (AvgIpc) is 3.38. The molecule has 8 nitrogen and oxygen atoms in total. The quantitative estimate of drug-likeness (QED) is 0.362. The van der Waals surface area contributed by atoms with Crippen LogP contribution in [0.4, 0.5) is 10.1 Å². The number of hydrogen-bond donors (Lipinski definition) is 2. The lowest BCUT2D eigenvalue weighted by molar-refractivity contribution is 0.101. The van der Waals surface area contributed by atoms with Gasteiger partial charge in [-0.15, -0.1) is 0 Å². The van der Waals surface area contributed by atoms with Crippen LogP contribution in [0.5, 0.6) is 0 Å². The molecule has 0 aliphatic heterocycles. The van der Waals surface area contributed by atoms with Crippen molar-refractivity contribution < 1.29 is 22.4 Å². The fourth-order valence-corrected chi connectivity index (χ4v) is 4.32. The number of nitrogens with zero attached hydrogens (tertiary/aromatic N) is 2. The minimum atomic E-state index is -3.77. The lowest BCUT2D eigenvalue weighted by Crippen LogP contribution is -2.23. The molecule has 0 saturated heterocycles. The van der Waals surface area contributed by atoms with E-state index in [1.165, 1.54) is 60.4 Å². The molecule has 3 aromatic carbocycles. The largest absolute Gasteiger partial charge is 0.322 e. The van der Waals surface area contributed by atoms with Gasteiger partial charge in [0.2, 0.25) is 10.0 Å². The molecule has 178 valence electrons. The van der Waals surface area contributed by atoms with E-state index in [1.54, 1.807) is 36.5 Å². The smallest absolute Gasteiger partial charge is 0.255 e. The summed E-state index contributed by atoms with van der Waals surface area (Å²) < 4.78 is 43.4. The number of carbonyl (C=O) groups is 2. The summed E-state index contributed by atoms with van der Waals surface area (Å²) in [5.74, 6) is -1.10. The van der Waals surface area contributed by atoms with Crippen molar-refractivity contribution in [2.75, 3.05) is 5.32 Å². The highest BCUT2D eigenvalue weighted by molar-refractivity contribution is 7.89. The Hall–Kier alpha value is -4.15. The Bertz CT molecular complexity index is 1470. The number of hydrogen-bond acceptors (Lipinski definition) is 5. The summed E-state index contributed by atoms with van der Waals surface area (Å²) >= 11 is 0. The molecule has 0 spiro atoms. The van der Waals surface area contributed by atoms with Crippen LogP contribution >= 0.6 is 0 Å². The zero-order chi connectivity index (χ0) is 25.0. The number of halogens is 1. The lowest BCUT2D eigenvalue weighted by atomic mass is 10.1. The van der Waals surface area contributed by atoms with Crippen LogP contribution in [-0.2, 0) is 16.6 Å². The number of anilines is 1. The van der Waals surface area contributed by atoms with Crippen LogP contribution in [0, 0.1) is 5.82 Å². The third kappa shape index (κ3) is 5.68. The van der Waals surface area contributed by atoms with Gasteiger partial charge in [0.25, 0.3) is 5.91 Å². The van der Waals surface area contributed by atoms with Gasteiger partial charge in [-0.25, -0.2) is 22.5 Å². The van der Waals surface area contributed by atoms with Crippen molar-refractivity contribution >= 4 is 27.4 Å². The van der Waals surface area contributed by atoms with E-state index in [1.807, 2.05) is 0 Å². The standard InChI is InChI=1S/C25H21FN4O4S/c1-17(31)19-6-9-22(10-7-19)35(33,34)28-15-18-2-4-20(5-3-18)25(32)29-21-8-11-24(23(26)14-21)30-13-12-27-16-30/h2-14,16,28H,15H2,1H3,(H,29,32). The molecule has 0 atom stereocenters. The molecule has 4 rings (SSSR count). The van der Waals surface area contributed by atoms with Crippen LogP contribution in [0.15, 0.2) is 90.3 Å². The Morgan fingerprint density at radius 2 is 1.66 bits per heavy atom. The Balaban J connectivity index is 1.37. The molecule has 0 unspecified atom stereocenters. The fraction of sp³-hybridized carbons (Fsp3) is 0.0800. The number of imidazole rings is 1. The van der Waals surface area contributed by atoms with Gasteiger partial charge in [-0.3, -0.25) is 9.59 Å². The molecular formula is C25H21FN4O4S. The second-order valence-electron chi connectivity index (χ2n) is 7.69. The number of aromatic nitrogens is 2. The first-order chi connectivity index (χ1) is 16.7. The summed E-state index contributed by atoms with van der Waals surface area (Å²) in [6.07, 6.45) is 4.63. The van der Waals surface area contributed by atoms with Crippen LogP contribution in [0.3, 0.4) is 0 Å². The van der Waals surface area contributed by atoms with Crippen LogP contribution in [0.1, 0.15) is 33.2 Å². The molecule has 1 amide bonds. The van der Waals surface area contributed by atoms with Crippen molar-refractivity contribution in [1.29, 1.82) is 0 Å². The summed E-state index contributed by atoms with van der Waals surface area (Å²) in [6.45, 7) is 1.42. The number of benzene rings is 3. The molecule has 35 heavy (non-hydrogen) atoms. The maximum absolute atomic E-state index is 14.4. The molecule has 0 aliphatic rings. The van der Waals surface area contributed by atoms with Crippen molar-refractivity contribution in [3.63, 3.8) is 0 Å². The van der Waals surface area contributed by atoms with Gasteiger partial charge in [-0.05, 0) is 55.0 Å². The number of sulfonamides is 1. The highest BCUT2D eigenvalue weighted by atomic mass is 32.2. The first-order valence-electron chi connectivity index (χ1n) is 10.5. The number of amides is 1. The normalized spacial score (nSPS) is 11.3. The van der Waals surface area contributed by atoms with Gasteiger partial charge in [0.1, 0.15) is 5.82 Å². The number of carbonyl (C=O) groups excluding carboxylic acids is 2. The molecule has 2 N–H and O–H groups in total. The van der Waals surface area contributed by atoms with Crippen LogP contribution < -0.4 is 10.0 Å². The maximum atomic E-state index is 14.4. The van der Waals surface area contributed by atoms with Crippen molar-refractivity contribution in [3.8, 4) is 5.69 Å². The molecule has 0 saturated carbocycles. The third-order valence-electron chi connectivity index (χ3n) is 5.24. The molecule has 10 heteroatoms. The van der Waals surface area contributed by atoms with Crippen molar-refractivity contribution in [1.82, 2.24) is 14.3 Å². The van der Waals surface area contributed by atoms with E-state index in [-0.39, 0.29) is 17.2 Å². The maximum Gasteiger partial charge on any atom is 0.255 e. The van der Waals surface area contributed by atoms with Crippen LogP contribution in [-0.4, -0.2) is 29.7 Å². The predicted octanol–water partition coefficient (Wildman–Crippen LogP) is 3.94. The van der Waals surface area contributed by atoms with Crippen molar-refractivity contribution in [2.45, 2.75) is 18.4 Å². The zero-order valence-electron chi connectivity index (χ0n) is 18.6. The Labute approximate surface area is 201 Å². The second-order valence-corrected chi connectivity index (χ2v) is 9.46. The molecule has 0 aliphatic carbocycles. The van der Waals surface area contributed by atoms with E-state index in [0.29, 0.717) is 28.1 Å². The summed E-state index contributed by atoms with van der Waals surface area (Å²) in [7, 11) is -3.77. The Morgan fingerprint density at radius 3 is 2.26 bits per heavy atom. The van der Waals surface area contributed by atoms with E-state index in [4.69, 9.17) is 0 Å². The second kappa shape index (κ2) is 10.00. The van der Waals surface area contributed by atoms with Gasteiger partial charge in [-0.1, -0.05) is 24.3 Å². The average molecular weight is 493 g/mol. The highest BCUT2D eigenvalue weighted by Crippen LogP contribution is 2.19. The summed E-state index contributed by atoms with van der Waals surface area (Å²) in [5.41, 5.74) is 2.00. The summed E-state index contributed by atoms with van der Waals surface area (Å²) in [5, 5.41) is 2.64. The van der Waals surface area contributed by atoms with Crippen LogP contribution in [0.25, 0.3) is 5.69 Å². The first kappa shape index (κ1) is 24.0. The van der Waals surface area contributed by atoms with E-state index in [2.05, 4.69) is 15.0 Å². The Morgan fingerprint density at radius 1 is 0.971 bits per heavy atom. The first-order valence-corrected chi connectivity index (χ1v) is 12.0. The highest BCUT2D eigenvalue weighted by Gasteiger charge is 2.15. The molecular weight excluding hydrogens is 471 g/mol. The predicted molar refractivity (Wildman–Crippen MR) is 128 cm³/mol. The molecule has 4 aromatic rings. The van der Waals surface area contributed by atoms with E-state index in [0.717, 1.165) is 0 Å². The monoisotopic (exact) mass is 492 g/mol. The molecule has 1 aromatic heterocycles. The van der Waals surface area contributed by atoms with Gasteiger partial charge in [0.15, 0.2) is 5.78 Å². The molecule has 0 bridgehead atoms. The number of nitrogens with one attached hydrogen (secondary N) is 2. The topological polar surface area (TPSA) is 110 Å². The van der Waals surface area contributed by atoms with Crippen molar-refractivity contribution in [2.24, 2.45) is 0 Å². The lowest BCUT2D eigenvalue weighted by Gasteiger charge is -2.10. The number of ketones is 1. The van der Waals surface area contributed by atoms with E-state index >= 15 is 0 Å². The van der Waals surface area contributed by atoms with E-state index < -0.39 is 21.7 Å². The number of Topliss-reactive ketones (excluding diaryl/α,β-unsaturated/α-hetero) is 1. The summed E-state index contributed by atoms with van der Waals surface area (Å²) in [6, 6.07) is 16.4.